The molecule has 1 heterocycles. The van der Waals surface area contributed by atoms with E-state index in [0.29, 0.717) is 42.6 Å². The molecule has 3 amide bonds. The van der Waals surface area contributed by atoms with Crippen molar-refractivity contribution >= 4 is 29.5 Å². The first-order valence-electron chi connectivity index (χ1n) is 12.3. The smallest absolute Gasteiger partial charge is 0.326 e. The second kappa shape index (κ2) is 13.3. The van der Waals surface area contributed by atoms with E-state index >= 15 is 0 Å². The molecule has 0 saturated carbocycles. The van der Waals surface area contributed by atoms with Crippen LogP contribution in [0.5, 0.6) is 11.5 Å². The van der Waals surface area contributed by atoms with Crippen molar-refractivity contribution in [2.45, 2.75) is 38.8 Å². The molecule has 1 atom stereocenters. The maximum atomic E-state index is 12.2. The van der Waals surface area contributed by atoms with Crippen molar-refractivity contribution in [2.24, 2.45) is 0 Å². The van der Waals surface area contributed by atoms with E-state index in [2.05, 4.69) is 11.8 Å². The first kappa shape index (κ1) is 28.3. The van der Waals surface area contributed by atoms with Gasteiger partial charge in [0.05, 0.1) is 20.1 Å². The Hall–Kier alpha value is -3.30. The van der Waals surface area contributed by atoms with Crippen molar-refractivity contribution in [3.05, 3.63) is 58.6 Å². The van der Waals surface area contributed by atoms with Crippen LogP contribution >= 0.6 is 11.6 Å². The standard InChI is InChI=1S/C27H34ClN3O6/c1-4-12-30(22(17-26(33)34)20-6-8-21(28)9-7-20)18-19-5-10-23(24(16-19)36-3)37-15-14-31-25(32)11-13-29(2)27(31)35/h5-10,16,22H,4,11-15,17-18H2,1-3H3,(H,33,34). The highest BCUT2D eigenvalue weighted by Gasteiger charge is 2.29. The normalized spacial score (nSPS) is 14.7. The third kappa shape index (κ3) is 7.60. The minimum atomic E-state index is -0.876. The summed E-state index contributed by atoms with van der Waals surface area (Å²) in [6, 6.07) is 12.2. The van der Waals surface area contributed by atoms with Gasteiger partial charge in [-0.1, -0.05) is 36.7 Å². The predicted molar refractivity (Wildman–Crippen MR) is 140 cm³/mol. The fraction of sp³-hybridized carbons (Fsp3) is 0.444. The van der Waals surface area contributed by atoms with Crippen LogP contribution in [0.3, 0.4) is 0 Å². The van der Waals surface area contributed by atoms with Crippen LogP contribution in [0, 0.1) is 0 Å². The summed E-state index contributed by atoms with van der Waals surface area (Å²) in [5, 5.41) is 10.2. The number of carboxylic acids is 1. The number of carbonyl (C=O) groups is 3. The van der Waals surface area contributed by atoms with Crippen LogP contribution < -0.4 is 9.47 Å². The topological polar surface area (TPSA) is 99.6 Å². The third-order valence-electron chi connectivity index (χ3n) is 6.28. The van der Waals surface area contributed by atoms with Gasteiger partial charge < -0.3 is 19.5 Å². The Bertz CT molecular complexity index is 1090. The number of nitrogens with zero attached hydrogens (tertiary/aromatic N) is 3. The second-order valence-corrected chi connectivity index (χ2v) is 9.41. The number of carbonyl (C=O) groups excluding carboxylic acids is 2. The number of ether oxygens (including phenoxy) is 2. The van der Waals surface area contributed by atoms with Crippen LogP contribution in [-0.2, 0) is 16.1 Å². The average Bonchev–Trinajstić information content (AvgIpc) is 2.87. The molecule has 2 aromatic rings. The van der Waals surface area contributed by atoms with Gasteiger partial charge in [-0.3, -0.25) is 19.4 Å². The van der Waals surface area contributed by atoms with Gasteiger partial charge in [-0.25, -0.2) is 4.79 Å². The number of imide groups is 1. The summed E-state index contributed by atoms with van der Waals surface area (Å²) in [4.78, 5) is 40.9. The highest BCUT2D eigenvalue weighted by Crippen LogP contribution is 2.32. The largest absolute Gasteiger partial charge is 0.493 e. The van der Waals surface area contributed by atoms with E-state index in [1.807, 2.05) is 24.3 Å². The van der Waals surface area contributed by atoms with Crippen molar-refractivity contribution in [3.63, 3.8) is 0 Å². The molecule has 2 aromatic carbocycles. The lowest BCUT2D eigenvalue weighted by Gasteiger charge is -2.32. The van der Waals surface area contributed by atoms with Gasteiger partial charge in [0, 0.05) is 37.6 Å². The third-order valence-corrected chi connectivity index (χ3v) is 6.53. The molecule has 0 aromatic heterocycles. The summed E-state index contributed by atoms with van der Waals surface area (Å²) in [5.41, 5.74) is 1.82. The SMILES string of the molecule is CCCN(Cc1ccc(OCCN2C(=O)CCN(C)C2=O)c(OC)c1)C(CC(=O)O)c1ccc(Cl)cc1. The van der Waals surface area contributed by atoms with Crippen molar-refractivity contribution in [2.75, 3.05) is 40.4 Å². The van der Waals surface area contributed by atoms with Crippen LogP contribution in [0.4, 0.5) is 4.79 Å². The van der Waals surface area contributed by atoms with Gasteiger partial charge in [0.1, 0.15) is 6.61 Å². The maximum absolute atomic E-state index is 12.2. The summed E-state index contributed by atoms with van der Waals surface area (Å²) in [6.45, 7) is 3.97. The van der Waals surface area contributed by atoms with Crippen LogP contribution in [-0.4, -0.2) is 78.1 Å². The molecule has 37 heavy (non-hydrogen) atoms. The molecule has 3 rings (SSSR count). The maximum Gasteiger partial charge on any atom is 0.326 e. The second-order valence-electron chi connectivity index (χ2n) is 8.97. The highest BCUT2D eigenvalue weighted by molar-refractivity contribution is 6.30. The van der Waals surface area contributed by atoms with Crippen molar-refractivity contribution < 1.29 is 29.0 Å². The molecule has 10 heteroatoms. The Kier molecular flexibility index (Phi) is 10.2. The molecule has 1 aliphatic rings. The molecule has 1 aliphatic heterocycles. The van der Waals surface area contributed by atoms with Crippen molar-refractivity contribution in [1.82, 2.24) is 14.7 Å². The molecule has 1 saturated heterocycles. The number of amides is 3. The summed E-state index contributed by atoms with van der Waals surface area (Å²) in [6.07, 6.45) is 1.11. The number of benzene rings is 2. The number of methoxy groups -OCH3 is 1. The number of halogens is 1. The van der Waals surface area contributed by atoms with Crippen molar-refractivity contribution in [3.8, 4) is 11.5 Å². The molecule has 200 valence electrons. The first-order valence-corrected chi connectivity index (χ1v) is 12.7. The summed E-state index contributed by atoms with van der Waals surface area (Å²) < 4.78 is 11.4. The zero-order valence-electron chi connectivity index (χ0n) is 21.5. The molecule has 0 spiro atoms. The number of hydrogen-bond donors (Lipinski definition) is 1. The monoisotopic (exact) mass is 531 g/mol. The Morgan fingerprint density at radius 3 is 2.54 bits per heavy atom. The zero-order valence-corrected chi connectivity index (χ0v) is 22.2. The average molecular weight is 532 g/mol. The Balaban J connectivity index is 1.73. The van der Waals surface area contributed by atoms with E-state index in [4.69, 9.17) is 21.1 Å². The number of hydrogen-bond acceptors (Lipinski definition) is 6. The molecule has 1 N–H and O–H groups in total. The van der Waals surface area contributed by atoms with Crippen LogP contribution in [0.1, 0.15) is 43.4 Å². The van der Waals surface area contributed by atoms with E-state index in [-0.39, 0.29) is 37.6 Å². The van der Waals surface area contributed by atoms with Gasteiger partial charge in [0.25, 0.3) is 0 Å². The van der Waals surface area contributed by atoms with Gasteiger partial charge >= 0.3 is 12.0 Å². The predicted octanol–water partition coefficient (Wildman–Crippen LogP) is 4.44. The van der Waals surface area contributed by atoms with E-state index in [1.165, 1.54) is 9.80 Å². The first-order chi connectivity index (χ1) is 17.7. The minimum absolute atomic E-state index is 0.0386. The lowest BCUT2D eigenvalue weighted by atomic mass is 10.0. The molecule has 1 unspecified atom stereocenters. The molecular weight excluding hydrogens is 498 g/mol. The number of aliphatic carboxylic acids is 1. The molecule has 0 bridgehead atoms. The summed E-state index contributed by atoms with van der Waals surface area (Å²) in [5.74, 6) is -0.0668. The van der Waals surface area contributed by atoms with E-state index < -0.39 is 5.97 Å². The van der Waals surface area contributed by atoms with Gasteiger partial charge in [-0.15, -0.1) is 0 Å². The quantitative estimate of drug-likeness (QED) is 0.408. The van der Waals surface area contributed by atoms with Crippen LogP contribution in [0.15, 0.2) is 42.5 Å². The molecular formula is C27H34ClN3O6. The summed E-state index contributed by atoms with van der Waals surface area (Å²) in [7, 11) is 3.21. The number of rotatable bonds is 13. The van der Waals surface area contributed by atoms with E-state index in [9.17, 15) is 19.5 Å². The van der Waals surface area contributed by atoms with Crippen LogP contribution in [0.25, 0.3) is 0 Å². The fourth-order valence-corrected chi connectivity index (χ4v) is 4.50. The minimum Gasteiger partial charge on any atom is -0.493 e. The Morgan fingerprint density at radius 2 is 1.89 bits per heavy atom. The number of urea groups is 1. The highest BCUT2D eigenvalue weighted by atomic mass is 35.5. The molecule has 0 aliphatic carbocycles. The lowest BCUT2D eigenvalue weighted by molar-refractivity contribution is -0.138. The van der Waals surface area contributed by atoms with E-state index in [1.54, 1.807) is 32.4 Å². The molecule has 1 fully saturated rings. The van der Waals surface area contributed by atoms with Gasteiger partial charge in [-0.05, 0) is 48.4 Å². The Morgan fingerprint density at radius 1 is 1.16 bits per heavy atom. The number of carboxylic acid groups (broad SMARTS) is 1. The zero-order chi connectivity index (χ0) is 26.9. The van der Waals surface area contributed by atoms with E-state index in [0.717, 1.165) is 17.5 Å². The van der Waals surface area contributed by atoms with Gasteiger partial charge in [-0.2, -0.15) is 0 Å². The molecule has 9 nitrogen and oxygen atoms in total. The summed E-state index contributed by atoms with van der Waals surface area (Å²) >= 11 is 6.05. The van der Waals surface area contributed by atoms with Gasteiger partial charge in [0.15, 0.2) is 11.5 Å². The fourth-order valence-electron chi connectivity index (χ4n) is 4.38. The van der Waals surface area contributed by atoms with Crippen LogP contribution in [0.2, 0.25) is 5.02 Å². The molecule has 0 radical (unpaired) electrons. The Labute approximate surface area is 222 Å². The van der Waals surface area contributed by atoms with Gasteiger partial charge in [0.2, 0.25) is 5.91 Å². The van der Waals surface area contributed by atoms with Crippen molar-refractivity contribution in [1.29, 1.82) is 0 Å². The lowest BCUT2D eigenvalue weighted by Crippen LogP contribution is -2.51.